The van der Waals surface area contributed by atoms with Crippen molar-refractivity contribution in [2.24, 2.45) is 0 Å². The molecule has 1 amide bonds. The number of aromatic nitrogens is 1. The lowest BCUT2D eigenvalue weighted by Gasteiger charge is -2.23. The van der Waals surface area contributed by atoms with Gasteiger partial charge >= 0.3 is 0 Å². The van der Waals surface area contributed by atoms with Crippen LogP contribution in [0.25, 0.3) is 11.3 Å². The van der Waals surface area contributed by atoms with Gasteiger partial charge in [-0.3, -0.25) is 9.59 Å². The molecule has 1 fully saturated rings. The fourth-order valence-electron chi connectivity index (χ4n) is 2.86. The lowest BCUT2D eigenvalue weighted by atomic mass is 10.1. The Labute approximate surface area is 140 Å². The van der Waals surface area contributed by atoms with Crippen LogP contribution in [0.3, 0.4) is 0 Å². The van der Waals surface area contributed by atoms with Crippen molar-refractivity contribution in [3.05, 3.63) is 58.4 Å². The SMILES string of the molecule is CN(C(=O)c1ccc(-c2ccccc2)[nH]c1=O)[C@H]1CCS(=O)(=O)C1. The summed E-state index contributed by atoms with van der Waals surface area (Å²) < 4.78 is 23.1. The van der Waals surface area contributed by atoms with Crippen LogP contribution < -0.4 is 5.56 Å². The second-order valence-corrected chi connectivity index (χ2v) is 8.18. The Morgan fingerprint density at radius 2 is 1.88 bits per heavy atom. The van der Waals surface area contributed by atoms with Gasteiger partial charge in [-0.05, 0) is 24.1 Å². The number of hydrogen-bond donors (Lipinski definition) is 1. The average molecular weight is 346 g/mol. The van der Waals surface area contributed by atoms with Gasteiger partial charge in [0.15, 0.2) is 9.84 Å². The smallest absolute Gasteiger partial charge is 0.261 e. The molecule has 1 atom stereocenters. The third-order valence-corrected chi connectivity index (χ3v) is 6.05. The molecule has 1 aliphatic heterocycles. The molecule has 1 N–H and O–H groups in total. The number of aromatic amines is 1. The van der Waals surface area contributed by atoms with Gasteiger partial charge in [-0.15, -0.1) is 0 Å². The molecule has 0 spiro atoms. The van der Waals surface area contributed by atoms with Crippen LogP contribution in [-0.2, 0) is 9.84 Å². The van der Waals surface area contributed by atoms with E-state index in [4.69, 9.17) is 0 Å². The van der Waals surface area contributed by atoms with E-state index >= 15 is 0 Å². The number of amides is 1. The first-order valence-corrected chi connectivity index (χ1v) is 9.46. The van der Waals surface area contributed by atoms with E-state index in [1.165, 1.54) is 11.0 Å². The first-order valence-electron chi connectivity index (χ1n) is 7.64. The highest BCUT2D eigenvalue weighted by atomic mass is 32.2. The summed E-state index contributed by atoms with van der Waals surface area (Å²) in [6.07, 6.45) is 0.407. The van der Waals surface area contributed by atoms with Gasteiger partial charge in [0.05, 0.1) is 11.5 Å². The normalized spacial score (nSPS) is 19.1. The van der Waals surface area contributed by atoms with Crippen molar-refractivity contribution in [2.45, 2.75) is 12.5 Å². The zero-order valence-corrected chi connectivity index (χ0v) is 14.0. The Kier molecular flexibility index (Phi) is 4.28. The molecule has 0 radical (unpaired) electrons. The number of carbonyl (C=O) groups excluding carboxylic acids is 1. The number of nitrogens with one attached hydrogen (secondary N) is 1. The third-order valence-electron chi connectivity index (χ3n) is 4.30. The minimum absolute atomic E-state index is 0.0153. The van der Waals surface area contributed by atoms with Crippen molar-refractivity contribution in [3.63, 3.8) is 0 Å². The van der Waals surface area contributed by atoms with Crippen molar-refractivity contribution in [2.75, 3.05) is 18.6 Å². The summed E-state index contributed by atoms with van der Waals surface area (Å²) in [6, 6.07) is 12.1. The number of carbonyl (C=O) groups is 1. The summed E-state index contributed by atoms with van der Waals surface area (Å²) >= 11 is 0. The molecular formula is C17H18N2O4S. The largest absolute Gasteiger partial charge is 0.337 e. The molecule has 1 aromatic carbocycles. The highest BCUT2D eigenvalue weighted by molar-refractivity contribution is 7.91. The average Bonchev–Trinajstić information content (AvgIpc) is 2.94. The fraction of sp³-hybridized carbons (Fsp3) is 0.294. The van der Waals surface area contributed by atoms with Crippen molar-refractivity contribution in [1.82, 2.24) is 9.88 Å². The van der Waals surface area contributed by atoms with Crippen molar-refractivity contribution >= 4 is 15.7 Å². The van der Waals surface area contributed by atoms with Gasteiger partial charge in [-0.1, -0.05) is 30.3 Å². The molecule has 0 bridgehead atoms. The van der Waals surface area contributed by atoms with Crippen LogP contribution in [0.4, 0.5) is 0 Å². The van der Waals surface area contributed by atoms with E-state index in [9.17, 15) is 18.0 Å². The molecule has 2 heterocycles. The van der Waals surface area contributed by atoms with E-state index in [1.54, 1.807) is 13.1 Å². The Morgan fingerprint density at radius 3 is 2.46 bits per heavy atom. The molecule has 1 aliphatic rings. The zero-order valence-electron chi connectivity index (χ0n) is 13.2. The topological polar surface area (TPSA) is 87.3 Å². The number of sulfone groups is 1. The molecular weight excluding hydrogens is 328 g/mol. The first-order chi connectivity index (χ1) is 11.4. The molecule has 2 aromatic rings. The Bertz CT molecular complexity index is 919. The molecule has 0 aliphatic carbocycles. The zero-order chi connectivity index (χ0) is 17.3. The van der Waals surface area contributed by atoms with Crippen LogP contribution in [0.1, 0.15) is 16.8 Å². The molecule has 1 saturated heterocycles. The lowest BCUT2D eigenvalue weighted by molar-refractivity contribution is 0.0746. The molecule has 24 heavy (non-hydrogen) atoms. The Morgan fingerprint density at radius 1 is 1.17 bits per heavy atom. The number of benzene rings is 1. The predicted octanol–water partition coefficient (Wildman–Crippen LogP) is 1.30. The molecule has 3 rings (SSSR count). The lowest BCUT2D eigenvalue weighted by Crippen LogP contribution is -2.40. The molecule has 0 unspecified atom stereocenters. The minimum atomic E-state index is -3.09. The van der Waals surface area contributed by atoms with Crippen molar-refractivity contribution in [3.8, 4) is 11.3 Å². The summed E-state index contributed by atoms with van der Waals surface area (Å²) in [5.74, 6) is -0.425. The summed E-state index contributed by atoms with van der Waals surface area (Å²) in [5, 5.41) is 0. The van der Waals surface area contributed by atoms with Crippen LogP contribution in [0.2, 0.25) is 0 Å². The van der Waals surface area contributed by atoms with Gasteiger partial charge in [-0.2, -0.15) is 0 Å². The van der Waals surface area contributed by atoms with Crippen LogP contribution in [0, 0.1) is 0 Å². The van der Waals surface area contributed by atoms with Crippen LogP contribution in [0.5, 0.6) is 0 Å². The van der Waals surface area contributed by atoms with Gasteiger partial charge in [-0.25, -0.2) is 8.42 Å². The van der Waals surface area contributed by atoms with Gasteiger partial charge < -0.3 is 9.88 Å². The van der Waals surface area contributed by atoms with E-state index in [0.717, 1.165) is 5.56 Å². The van der Waals surface area contributed by atoms with E-state index in [-0.39, 0.29) is 23.1 Å². The fourth-order valence-corrected chi connectivity index (χ4v) is 4.64. The molecule has 7 heteroatoms. The van der Waals surface area contributed by atoms with Gasteiger partial charge in [0.25, 0.3) is 11.5 Å². The number of nitrogens with zero attached hydrogens (tertiary/aromatic N) is 1. The van der Waals surface area contributed by atoms with Gasteiger partial charge in [0.1, 0.15) is 5.56 Å². The minimum Gasteiger partial charge on any atom is -0.337 e. The molecule has 126 valence electrons. The van der Waals surface area contributed by atoms with E-state index in [0.29, 0.717) is 12.1 Å². The van der Waals surface area contributed by atoms with E-state index < -0.39 is 21.3 Å². The Hall–Kier alpha value is -2.41. The second kappa shape index (κ2) is 6.24. The first kappa shape index (κ1) is 16.4. The number of H-pyrrole nitrogens is 1. The van der Waals surface area contributed by atoms with Crippen LogP contribution >= 0.6 is 0 Å². The maximum Gasteiger partial charge on any atom is 0.261 e. The van der Waals surface area contributed by atoms with Crippen molar-refractivity contribution < 1.29 is 13.2 Å². The van der Waals surface area contributed by atoms with Crippen molar-refractivity contribution in [1.29, 1.82) is 0 Å². The van der Waals surface area contributed by atoms with E-state index in [2.05, 4.69) is 4.98 Å². The molecule has 6 nitrogen and oxygen atoms in total. The van der Waals surface area contributed by atoms with Crippen LogP contribution in [0.15, 0.2) is 47.3 Å². The molecule has 0 saturated carbocycles. The highest BCUT2D eigenvalue weighted by Gasteiger charge is 2.33. The summed E-state index contributed by atoms with van der Waals surface area (Å²) in [7, 11) is -1.55. The standard InChI is InChI=1S/C17H18N2O4S/c1-19(13-9-10-24(22,23)11-13)17(21)14-7-8-15(18-16(14)20)12-5-3-2-4-6-12/h2-8,13H,9-11H2,1H3,(H,18,20)/t13-/m0/s1. The molecule has 1 aromatic heterocycles. The maximum atomic E-state index is 12.5. The number of rotatable bonds is 3. The number of hydrogen-bond acceptors (Lipinski definition) is 4. The van der Waals surface area contributed by atoms with Gasteiger partial charge in [0.2, 0.25) is 0 Å². The summed E-state index contributed by atoms with van der Waals surface area (Å²) in [6.45, 7) is 0. The van der Waals surface area contributed by atoms with Crippen LogP contribution in [-0.4, -0.2) is 48.8 Å². The van der Waals surface area contributed by atoms with Gasteiger partial charge in [0, 0.05) is 18.8 Å². The monoisotopic (exact) mass is 346 g/mol. The number of pyridine rings is 1. The second-order valence-electron chi connectivity index (χ2n) is 5.95. The Balaban J connectivity index is 1.85. The maximum absolute atomic E-state index is 12.5. The third kappa shape index (κ3) is 3.26. The van der Waals surface area contributed by atoms with E-state index in [1.807, 2.05) is 30.3 Å². The summed E-state index contributed by atoms with van der Waals surface area (Å²) in [5.41, 5.74) is 1.02. The highest BCUT2D eigenvalue weighted by Crippen LogP contribution is 2.19. The quantitative estimate of drug-likeness (QED) is 0.907. The predicted molar refractivity (Wildman–Crippen MR) is 91.7 cm³/mol. The summed E-state index contributed by atoms with van der Waals surface area (Å²) in [4.78, 5) is 28.9.